The molecule has 96 valence electrons. The van der Waals surface area contributed by atoms with Crippen molar-refractivity contribution in [2.75, 3.05) is 0 Å². The lowest BCUT2D eigenvalue weighted by Gasteiger charge is -2.09. The van der Waals surface area contributed by atoms with Crippen molar-refractivity contribution in [2.24, 2.45) is 0 Å². The molecule has 6 heteroatoms. The van der Waals surface area contributed by atoms with Crippen molar-refractivity contribution in [3.05, 3.63) is 63.4 Å². The van der Waals surface area contributed by atoms with Crippen LogP contribution in [0.1, 0.15) is 5.56 Å². The number of hydrogen-bond acceptors (Lipinski definition) is 2. The normalized spacial score (nSPS) is 11.1. The number of rotatable bonds is 1. The van der Waals surface area contributed by atoms with Gasteiger partial charge in [0.05, 0.1) is 18.0 Å². The maximum absolute atomic E-state index is 13.6. The van der Waals surface area contributed by atoms with E-state index in [0.29, 0.717) is 16.4 Å². The minimum Gasteiger partial charge on any atom is -0.269 e. The lowest BCUT2D eigenvalue weighted by atomic mass is 10.2. The van der Waals surface area contributed by atoms with Gasteiger partial charge in [-0.1, -0.05) is 11.6 Å². The molecule has 0 unspecified atom stereocenters. The third-order valence-corrected chi connectivity index (χ3v) is 3.34. The van der Waals surface area contributed by atoms with Crippen LogP contribution >= 0.6 is 11.6 Å². The number of benzene rings is 1. The van der Waals surface area contributed by atoms with Crippen LogP contribution in [0.3, 0.4) is 0 Å². The first-order valence-corrected chi connectivity index (χ1v) is 5.97. The molecule has 0 saturated heterocycles. The van der Waals surface area contributed by atoms with Gasteiger partial charge in [0.25, 0.3) is 5.56 Å². The van der Waals surface area contributed by atoms with Crippen LogP contribution in [-0.2, 0) is 0 Å². The van der Waals surface area contributed by atoms with Gasteiger partial charge in [-0.05, 0) is 30.7 Å². The second-order valence-corrected chi connectivity index (χ2v) is 4.58. The van der Waals surface area contributed by atoms with E-state index < -0.39 is 11.5 Å². The smallest absolute Gasteiger partial charge is 0.261 e. The zero-order valence-corrected chi connectivity index (χ0v) is 10.7. The van der Waals surface area contributed by atoms with Gasteiger partial charge in [0.2, 0.25) is 5.95 Å². The van der Waals surface area contributed by atoms with E-state index in [4.69, 9.17) is 11.6 Å². The Bertz CT molecular complexity index is 838. The van der Waals surface area contributed by atoms with E-state index >= 15 is 0 Å². The first-order valence-electron chi connectivity index (χ1n) is 5.60. The highest BCUT2D eigenvalue weighted by atomic mass is 35.5. The van der Waals surface area contributed by atoms with Crippen molar-refractivity contribution in [3.8, 4) is 5.69 Å². The molecular formula is C13H9ClFN3O. The Balaban J connectivity index is 2.39. The van der Waals surface area contributed by atoms with Crippen molar-refractivity contribution in [1.82, 2.24) is 14.2 Å². The average molecular weight is 278 g/mol. The summed E-state index contributed by atoms with van der Waals surface area (Å²) in [5.41, 5.74) is 1.38. The number of aryl methyl sites for hydroxylation is 1. The standard InChI is InChI=1S/C13H9ClFN3O/c1-8-6-9(2-3-10(8)14)17-12-4-5-16-18(12)11(15)7-13(17)19/h2-7H,1H3. The van der Waals surface area contributed by atoms with Gasteiger partial charge in [-0.3, -0.25) is 9.36 Å². The summed E-state index contributed by atoms with van der Waals surface area (Å²) in [5.74, 6) is -0.688. The Morgan fingerprint density at radius 2 is 2.05 bits per heavy atom. The topological polar surface area (TPSA) is 39.3 Å². The summed E-state index contributed by atoms with van der Waals surface area (Å²) in [4.78, 5) is 12.0. The van der Waals surface area contributed by atoms with Crippen LogP contribution in [-0.4, -0.2) is 14.2 Å². The minimum absolute atomic E-state index is 0.367. The molecule has 0 aliphatic rings. The third kappa shape index (κ3) is 1.82. The van der Waals surface area contributed by atoms with Gasteiger partial charge in [-0.15, -0.1) is 0 Å². The lowest BCUT2D eigenvalue weighted by Crippen LogP contribution is -2.21. The molecule has 4 nitrogen and oxygen atoms in total. The van der Waals surface area contributed by atoms with Crippen LogP contribution in [0.2, 0.25) is 5.02 Å². The number of halogens is 2. The summed E-state index contributed by atoms with van der Waals surface area (Å²) in [6, 6.07) is 7.67. The Hall–Kier alpha value is -2.14. The molecule has 0 aliphatic carbocycles. The summed E-state index contributed by atoms with van der Waals surface area (Å²) < 4.78 is 16.0. The largest absolute Gasteiger partial charge is 0.269 e. The van der Waals surface area contributed by atoms with E-state index in [1.807, 2.05) is 6.92 Å². The highest BCUT2D eigenvalue weighted by Crippen LogP contribution is 2.19. The molecule has 1 aromatic carbocycles. The van der Waals surface area contributed by atoms with E-state index in [2.05, 4.69) is 5.10 Å². The third-order valence-electron chi connectivity index (χ3n) is 2.92. The van der Waals surface area contributed by atoms with Crippen LogP contribution in [0.25, 0.3) is 11.3 Å². The summed E-state index contributed by atoms with van der Waals surface area (Å²) in [6.07, 6.45) is 1.44. The monoisotopic (exact) mass is 277 g/mol. The molecule has 0 amide bonds. The molecule has 0 radical (unpaired) electrons. The van der Waals surface area contributed by atoms with E-state index in [1.54, 1.807) is 24.3 Å². The molecular weight excluding hydrogens is 269 g/mol. The molecule has 0 spiro atoms. The highest BCUT2D eigenvalue weighted by Gasteiger charge is 2.11. The van der Waals surface area contributed by atoms with Gasteiger partial charge in [0.1, 0.15) is 5.65 Å². The van der Waals surface area contributed by atoms with Crippen LogP contribution in [0.4, 0.5) is 4.39 Å². The van der Waals surface area contributed by atoms with Gasteiger partial charge in [0, 0.05) is 11.1 Å². The van der Waals surface area contributed by atoms with Gasteiger partial charge in [-0.25, -0.2) is 0 Å². The molecule has 0 atom stereocenters. The molecule has 0 saturated carbocycles. The molecule has 2 heterocycles. The zero-order chi connectivity index (χ0) is 13.6. The van der Waals surface area contributed by atoms with Gasteiger partial charge < -0.3 is 0 Å². The maximum atomic E-state index is 13.6. The van der Waals surface area contributed by atoms with Crippen LogP contribution in [0.5, 0.6) is 0 Å². The Labute approximate surface area is 112 Å². The molecule has 0 aliphatic heterocycles. The van der Waals surface area contributed by atoms with Crippen LogP contribution in [0, 0.1) is 12.9 Å². The zero-order valence-electron chi connectivity index (χ0n) is 9.97. The van der Waals surface area contributed by atoms with Crippen molar-refractivity contribution in [3.63, 3.8) is 0 Å². The van der Waals surface area contributed by atoms with Crippen molar-refractivity contribution in [1.29, 1.82) is 0 Å². The minimum atomic E-state index is -0.688. The van der Waals surface area contributed by atoms with Gasteiger partial charge in [-0.2, -0.15) is 14.0 Å². The molecule has 0 bridgehead atoms. The van der Waals surface area contributed by atoms with Gasteiger partial charge >= 0.3 is 0 Å². The molecule has 19 heavy (non-hydrogen) atoms. The number of fused-ring (bicyclic) bond motifs is 1. The van der Waals surface area contributed by atoms with Gasteiger partial charge in [0.15, 0.2) is 0 Å². The van der Waals surface area contributed by atoms with Crippen LogP contribution < -0.4 is 5.56 Å². The van der Waals surface area contributed by atoms with E-state index in [1.165, 1.54) is 10.8 Å². The van der Waals surface area contributed by atoms with Crippen LogP contribution in [0.15, 0.2) is 41.3 Å². The average Bonchev–Trinajstić information content (AvgIpc) is 2.83. The quantitative estimate of drug-likeness (QED) is 0.641. The lowest BCUT2D eigenvalue weighted by molar-refractivity contribution is 0.535. The summed E-state index contributed by atoms with van der Waals surface area (Å²) in [6.45, 7) is 1.84. The van der Waals surface area contributed by atoms with Crippen molar-refractivity contribution >= 4 is 17.2 Å². The number of nitrogens with zero attached hydrogens (tertiary/aromatic N) is 3. The molecule has 2 aromatic heterocycles. The Morgan fingerprint density at radius 3 is 2.79 bits per heavy atom. The van der Waals surface area contributed by atoms with E-state index in [0.717, 1.165) is 16.1 Å². The molecule has 0 fully saturated rings. The number of hydrogen-bond donors (Lipinski definition) is 0. The Kier molecular flexibility index (Phi) is 2.64. The fourth-order valence-electron chi connectivity index (χ4n) is 2.00. The molecule has 0 N–H and O–H groups in total. The fourth-order valence-corrected chi connectivity index (χ4v) is 2.12. The highest BCUT2D eigenvalue weighted by molar-refractivity contribution is 6.31. The van der Waals surface area contributed by atoms with E-state index in [-0.39, 0.29) is 0 Å². The first kappa shape index (κ1) is 11.9. The molecule has 3 aromatic rings. The maximum Gasteiger partial charge on any atom is 0.261 e. The summed E-state index contributed by atoms with van der Waals surface area (Å²) in [5, 5.41) is 4.46. The Morgan fingerprint density at radius 1 is 1.26 bits per heavy atom. The second-order valence-electron chi connectivity index (χ2n) is 4.18. The summed E-state index contributed by atoms with van der Waals surface area (Å²) >= 11 is 5.97. The predicted octanol–water partition coefficient (Wildman–Crippen LogP) is 2.59. The van der Waals surface area contributed by atoms with Crippen molar-refractivity contribution < 1.29 is 4.39 Å². The van der Waals surface area contributed by atoms with Crippen molar-refractivity contribution in [2.45, 2.75) is 6.92 Å². The van der Waals surface area contributed by atoms with E-state index in [9.17, 15) is 9.18 Å². The second kappa shape index (κ2) is 4.20. The fraction of sp³-hybridized carbons (Fsp3) is 0.0769. The first-order chi connectivity index (χ1) is 9.08. The summed E-state index contributed by atoms with van der Waals surface area (Å²) in [7, 11) is 0. The predicted molar refractivity (Wildman–Crippen MR) is 70.5 cm³/mol. The number of aromatic nitrogens is 3. The SMILES string of the molecule is Cc1cc(-n2c(=O)cc(F)n3nccc23)ccc1Cl. The molecule has 3 rings (SSSR count).